The summed E-state index contributed by atoms with van der Waals surface area (Å²) in [5, 5.41) is 9.92. The van der Waals surface area contributed by atoms with Crippen LogP contribution in [0, 0.1) is 11.6 Å². The predicted octanol–water partition coefficient (Wildman–Crippen LogP) is 2.20. The average Bonchev–Trinajstić information content (AvgIpc) is 2.88. The van der Waals surface area contributed by atoms with E-state index in [-0.39, 0.29) is 21.9 Å². The van der Waals surface area contributed by atoms with Crippen molar-refractivity contribution in [3.05, 3.63) is 51.7 Å². The number of hydrogen-bond acceptors (Lipinski definition) is 4. The van der Waals surface area contributed by atoms with E-state index in [0.717, 1.165) is 29.5 Å². The van der Waals surface area contributed by atoms with Crippen LogP contribution in [-0.2, 0) is 16.6 Å². The van der Waals surface area contributed by atoms with E-state index >= 15 is 0 Å². The second kappa shape index (κ2) is 5.88. The summed E-state index contributed by atoms with van der Waals surface area (Å²) >= 11 is 0.769. The normalized spacial score (nSPS) is 11.5. The fraction of sp³-hybridized carbons (Fsp3) is 0.0833. The van der Waals surface area contributed by atoms with Crippen molar-refractivity contribution in [3.8, 4) is 0 Å². The van der Waals surface area contributed by atoms with Gasteiger partial charge in [0.2, 0.25) is 10.0 Å². The van der Waals surface area contributed by atoms with Crippen molar-refractivity contribution in [2.24, 2.45) is 0 Å². The molecule has 112 valence electrons. The third-order valence-corrected chi connectivity index (χ3v) is 5.01. The van der Waals surface area contributed by atoms with Crippen LogP contribution in [-0.4, -0.2) is 19.5 Å². The van der Waals surface area contributed by atoms with Crippen molar-refractivity contribution in [3.63, 3.8) is 0 Å². The standard InChI is InChI=1S/C12H9F2NO4S2/c13-8-2-1-7(10(14)3-8)5-15-21(18,19)9-4-11(12(16)17)20-6-9/h1-4,6,15H,5H2,(H,16,17). The molecular weight excluding hydrogens is 324 g/mol. The lowest BCUT2D eigenvalue weighted by molar-refractivity contribution is 0.0702. The molecule has 0 fully saturated rings. The summed E-state index contributed by atoms with van der Waals surface area (Å²) in [6, 6.07) is 3.80. The van der Waals surface area contributed by atoms with Crippen LogP contribution >= 0.6 is 11.3 Å². The first kappa shape index (κ1) is 15.5. The number of halogens is 2. The molecule has 0 aliphatic heterocycles. The molecule has 2 rings (SSSR count). The Hall–Kier alpha value is -1.84. The van der Waals surface area contributed by atoms with Crippen LogP contribution in [0.3, 0.4) is 0 Å². The molecule has 0 spiro atoms. The van der Waals surface area contributed by atoms with Gasteiger partial charge in [0.15, 0.2) is 0 Å². The van der Waals surface area contributed by atoms with E-state index in [2.05, 4.69) is 4.72 Å². The lowest BCUT2D eigenvalue weighted by Crippen LogP contribution is -2.23. The number of carboxylic acids is 1. The zero-order valence-electron chi connectivity index (χ0n) is 10.3. The van der Waals surface area contributed by atoms with Crippen LogP contribution in [0.25, 0.3) is 0 Å². The van der Waals surface area contributed by atoms with Gasteiger partial charge in [-0.1, -0.05) is 6.07 Å². The van der Waals surface area contributed by atoms with Crippen molar-refractivity contribution >= 4 is 27.3 Å². The van der Waals surface area contributed by atoms with Crippen molar-refractivity contribution in [1.82, 2.24) is 4.72 Å². The number of aromatic carboxylic acids is 1. The van der Waals surface area contributed by atoms with E-state index in [1.165, 1.54) is 5.38 Å². The van der Waals surface area contributed by atoms with E-state index in [4.69, 9.17) is 5.11 Å². The summed E-state index contributed by atoms with van der Waals surface area (Å²) in [6.45, 7) is -0.368. The fourth-order valence-corrected chi connectivity index (χ4v) is 3.61. The molecule has 0 unspecified atom stereocenters. The summed E-state index contributed by atoms with van der Waals surface area (Å²) < 4.78 is 52.1. The number of carbonyl (C=O) groups is 1. The second-order valence-electron chi connectivity index (χ2n) is 4.01. The Kier molecular flexibility index (Phi) is 4.35. The highest BCUT2D eigenvalue weighted by Crippen LogP contribution is 2.19. The van der Waals surface area contributed by atoms with Crippen LogP contribution in [0.1, 0.15) is 15.2 Å². The van der Waals surface area contributed by atoms with Crippen LogP contribution in [0.4, 0.5) is 8.78 Å². The van der Waals surface area contributed by atoms with Crippen molar-refractivity contribution in [2.75, 3.05) is 0 Å². The van der Waals surface area contributed by atoms with Gasteiger partial charge in [-0.15, -0.1) is 11.3 Å². The number of sulfonamides is 1. The molecule has 2 N–H and O–H groups in total. The maximum atomic E-state index is 13.4. The smallest absolute Gasteiger partial charge is 0.345 e. The first-order valence-corrected chi connectivity index (χ1v) is 7.91. The molecule has 9 heteroatoms. The van der Waals surface area contributed by atoms with E-state index < -0.39 is 27.6 Å². The largest absolute Gasteiger partial charge is 0.477 e. The highest BCUT2D eigenvalue weighted by molar-refractivity contribution is 7.89. The predicted molar refractivity (Wildman–Crippen MR) is 71.7 cm³/mol. The topological polar surface area (TPSA) is 83.5 Å². The van der Waals surface area contributed by atoms with E-state index in [9.17, 15) is 22.0 Å². The molecule has 0 amide bonds. The van der Waals surface area contributed by atoms with Crippen LogP contribution in [0.2, 0.25) is 0 Å². The number of nitrogens with one attached hydrogen (secondary N) is 1. The molecule has 1 heterocycles. The summed E-state index contributed by atoms with van der Waals surface area (Å²) in [6.07, 6.45) is 0. The Morgan fingerprint density at radius 2 is 2.00 bits per heavy atom. The first-order chi connectivity index (χ1) is 9.79. The Morgan fingerprint density at radius 1 is 1.29 bits per heavy atom. The summed E-state index contributed by atoms with van der Waals surface area (Å²) in [4.78, 5) is 10.4. The van der Waals surface area contributed by atoms with Gasteiger partial charge >= 0.3 is 5.97 Å². The third kappa shape index (κ3) is 3.63. The second-order valence-corrected chi connectivity index (χ2v) is 6.69. The van der Waals surface area contributed by atoms with Gasteiger partial charge in [-0.2, -0.15) is 0 Å². The van der Waals surface area contributed by atoms with Gasteiger partial charge in [-0.25, -0.2) is 26.7 Å². The Bertz CT molecular complexity index is 786. The summed E-state index contributed by atoms with van der Waals surface area (Å²) in [7, 11) is -3.96. The van der Waals surface area contributed by atoms with Gasteiger partial charge in [-0.05, 0) is 12.1 Å². The number of thiophene rings is 1. The molecule has 0 aliphatic rings. The Morgan fingerprint density at radius 3 is 2.57 bits per heavy atom. The van der Waals surface area contributed by atoms with Gasteiger partial charge in [-0.3, -0.25) is 0 Å². The molecule has 1 aromatic heterocycles. The monoisotopic (exact) mass is 333 g/mol. The molecule has 2 aromatic rings. The van der Waals surface area contributed by atoms with Crippen LogP contribution in [0.15, 0.2) is 34.5 Å². The zero-order chi connectivity index (χ0) is 15.6. The van der Waals surface area contributed by atoms with Crippen molar-refractivity contribution in [2.45, 2.75) is 11.4 Å². The third-order valence-electron chi connectivity index (χ3n) is 2.56. The average molecular weight is 333 g/mol. The molecule has 0 bridgehead atoms. The van der Waals surface area contributed by atoms with Crippen molar-refractivity contribution < 1.29 is 27.1 Å². The number of carboxylic acid groups (broad SMARTS) is 1. The highest BCUT2D eigenvalue weighted by Gasteiger charge is 2.18. The van der Waals surface area contributed by atoms with E-state index in [1.807, 2.05) is 0 Å². The summed E-state index contributed by atoms with van der Waals surface area (Å²) in [5.41, 5.74) is -0.0198. The van der Waals surface area contributed by atoms with Crippen LogP contribution < -0.4 is 4.72 Å². The SMILES string of the molecule is O=C(O)c1cc(S(=O)(=O)NCc2ccc(F)cc2F)cs1. The zero-order valence-corrected chi connectivity index (χ0v) is 12.0. The Labute approximate surface area is 122 Å². The minimum atomic E-state index is -3.96. The first-order valence-electron chi connectivity index (χ1n) is 5.55. The van der Waals surface area contributed by atoms with Gasteiger partial charge in [0.1, 0.15) is 16.5 Å². The van der Waals surface area contributed by atoms with E-state index in [0.29, 0.717) is 6.07 Å². The van der Waals surface area contributed by atoms with Crippen molar-refractivity contribution in [1.29, 1.82) is 0 Å². The lowest BCUT2D eigenvalue weighted by atomic mass is 10.2. The quantitative estimate of drug-likeness (QED) is 0.879. The maximum Gasteiger partial charge on any atom is 0.345 e. The van der Waals surface area contributed by atoms with Gasteiger partial charge in [0.05, 0.1) is 4.90 Å². The van der Waals surface area contributed by atoms with Gasteiger partial charge in [0.25, 0.3) is 0 Å². The number of benzene rings is 1. The molecule has 0 saturated heterocycles. The highest BCUT2D eigenvalue weighted by atomic mass is 32.2. The lowest BCUT2D eigenvalue weighted by Gasteiger charge is -2.06. The molecule has 0 atom stereocenters. The minimum Gasteiger partial charge on any atom is -0.477 e. The Balaban J connectivity index is 2.15. The molecular formula is C12H9F2NO4S2. The molecule has 5 nitrogen and oxygen atoms in total. The van der Waals surface area contributed by atoms with Gasteiger partial charge in [0, 0.05) is 23.6 Å². The van der Waals surface area contributed by atoms with Crippen LogP contribution in [0.5, 0.6) is 0 Å². The molecule has 0 aliphatic carbocycles. The summed E-state index contributed by atoms with van der Waals surface area (Å²) in [5.74, 6) is -2.86. The number of hydrogen-bond donors (Lipinski definition) is 2. The van der Waals surface area contributed by atoms with E-state index in [1.54, 1.807) is 0 Å². The fourth-order valence-electron chi connectivity index (χ4n) is 1.49. The number of rotatable bonds is 5. The maximum absolute atomic E-state index is 13.4. The molecule has 0 radical (unpaired) electrons. The molecule has 1 aromatic carbocycles. The minimum absolute atomic E-state index is 0.0198. The molecule has 21 heavy (non-hydrogen) atoms. The molecule has 0 saturated carbocycles. The van der Waals surface area contributed by atoms with Gasteiger partial charge < -0.3 is 5.11 Å².